The Kier molecular flexibility index (Phi) is 2.73. The van der Waals surface area contributed by atoms with Crippen LogP contribution in [-0.2, 0) is 0 Å². The van der Waals surface area contributed by atoms with Gasteiger partial charge >= 0.3 is 0 Å². The summed E-state index contributed by atoms with van der Waals surface area (Å²) >= 11 is 0. The van der Waals surface area contributed by atoms with Gasteiger partial charge in [-0.15, -0.1) is 0 Å². The summed E-state index contributed by atoms with van der Waals surface area (Å²) in [4.78, 5) is 2.90. The molecule has 1 heterocycles. The molecule has 0 atom stereocenters. The van der Waals surface area contributed by atoms with Crippen LogP contribution in [0.4, 0.5) is 0 Å². The van der Waals surface area contributed by atoms with Crippen molar-refractivity contribution in [3.8, 4) is 0 Å². The van der Waals surface area contributed by atoms with Crippen LogP contribution >= 0.6 is 0 Å². The van der Waals surface area contributed by atoms with Gasteiger partial charge in [0.05, 0.1) is 0 Å². The lowest BCUT2D eigenvalue weighted by atomic mass is 9.76. The number of hydrogen-bond acceptors (Lipinski definition) is 2. The molecule has 0 aromatic carbocycles. The molecule has 0 unspecified atom stereocenters. The molecule has 3 aliphatic rings. The highest BCUT2D eigenvalue weighted by Gasteiger charge is 2.43. The van der Waals surface area contributed by atoms with Crippen molar-refractivity contribution < 1.29 is 0 Å². The van der Waals surface area contributed by atoms with E-state index in [9.17, 15) is 0 Å². The van der Waals surface area contributed by atoms with Crippen molar-refractivity contribution in [3.05, 3.63) is 0 Å². The van der Waals surface area contributed by atoms with E-state index in [2.05, 4.69) is 10.2 Å². The highest BCUT2D eigenvalue weighted by atomic mass is 15.3. The Labute approximate surface area is 93.4 Å². The standard InChI is InChI=1S/C13H24N2/c1-2-7-13(8-3-1)11-14-9-10-15(13)12-5-4-6-12/h12,14H,1-11H2. The maximum absolute atomic E-state index is 3.64. The summed E-state index contributed by atoms with van der Waals surface area (Å²) in [6.07, 6.45) is 11.7. The van der Waals surface area contributed by atoms with Gasteiger partial charge in [-0.3, -0.25) is 4.90 Å². The molecule has 0 bridgehead atoms. The van der Waals surface area contributed by atoms with Crippen LogP contribution in [0.25, 0.3) is 0 Å². The quantitative estimate of drug-likeness (QED) is 0.710. The highest BCUT2D eigenvalue weighted by Crippen LogP contribution is 2.39. The summed E-state index contributed by atoms with van der Waals surface area (Å²) in [5.74, 6) is 0. The van der Waals surface area contributed by atoms with Gasteiger partial charge in [-0.25, -0.2) is 0 Å². The predicted octanol–water partition coefficient (Wildman–Crippen LogP) is 2.15. The molecule has 3 rings (SSSR count). The van der Waals surface area contributed by atoms with Gasteiger partial charge in [0.1, 0.15) is 0 Å². The molecule has 1 N–H and O–H groups in total. The highest BCUT2D eigenvalue weighted by molar-refractivity contribution is 5.01. The van der Waals surface area contributed by atoms with Gasteiger partial charge in [-0.2, -0.15) is 0 Å². The normalized spacial score (nSPS) is 32.8. The Morgan fingerprint density at radius 3 is 2.47 bits per heavy atom. The van der Waals surface area contributed by atoms with Crippen LogP contribution in [-0.4, -0.2) is 36.1 Å². The van der Waals surface area contributed by atoms with E-state index in [1.165, 1.54) is 71.0 Å². The third kappa shape index (κ3) is 1.72. The minimum Gasteiger partial charge on any atom is -0.314 e. The molecule has 1 spiro atoms. The first-order valence-corrected chi connectivity index (χ1v) is 6.88. The summed E-state index contributed by atoms with van der Waals surface area (Å²) in [5, 5.41) is 3.64. The maximum Gasteiger partial charge on any atom is 0.0337 e. The molecule has 2 heteroatoms. The Morgan fingerprint density at radius 2 is 1.80 bits per heavy atom. The van der Waals surface area contributed by atoms with Crippen molar-refractivity contribution >= 4 is 0 Å². The van der Waals surface area contributed by atoms with Gasteiger partial charge in [0.15, 0.2) is 0 Å². The lowest BCUT2D eigenvalue weighted by molar-refractivity contribution is -0.0321. The van der Waals surface area contributed by atoms with E-state index in [1.54, 1.807) is 0 Å². The largest absolute Gasteiger partial charge is 0.314 e. The molecule has 0 radical (unpaired) electrons. The minimum absolute atomic E-state index is 0.571. The molecule has 2 aliphatic carbocycles. The van der Waals surface area contributed by atoms with Crippen LogP contribution in [0.15, 0.2) is 0 Å². The van der Waals surface area contributed by atoms with Crippen LogP contribution in [0.5, 0.6) is 0 Å². The van der Waals surface area contributed by atoms with Gasteiger partial charge in [0.2, 0.25) is 0 Å². The van der Waals surface area contributed by atoms with Gasteiger partial charge in [0, 0.05) is 31.2 Å². The second kappa shape index (κ2) is 4.06. The first kappa shape index (κ1) is 10.1. The Hall–Kier alpha value is -0.0800. The summed E-state index contributed by atoms with van der Waals surface area (Å²) in [6, 6.07) is 0.949. The first-order valence-electron chi connectivity index (χ1n) is 6.88. The zero-order valence-corrected chi connectivity index (χ0v) is 9.80. The van der Waals surface area contributed by atoms with Gasteiger partial charge in [-0.1, -0.05) is 25.7 Å². The fourth-order valence-electron chi connectivity index (χ4n) is 3.80. The average molecular weight is 208 g/mol. The van der Waals surface area contributed by atoms with E-state index < -0.39 is 0 Å². The van der Waals surface area contributed by atoms with E-state index in [4.69, 9.17) is 0 Å². The van der Waals surface area contributed by atoms with Crippen molar-refractivity contribution in [1.82, 2.24) is 10.2 Å². The second-order valence-electron chi connectivity index (χ2n) is 5.74. The summed E-state index contributed by atoms with van der Waals surface area (Å²) < 4.78 is 0. The summed E-state index contributed by atoms with van der Waals surface area (Å²) in [6.45, 7) is 3.80. The Bertz CT molecular complexity index is 208. The zero-order valence-electron chi connectivity index (χ0n) is 9.80. The van der Waals surface area contributed by atoms with Crippen molar-refractivity contribution in [3.63, 3.8) is 0 Å². The smallest absolute Gasteiger partial charge is 0.0337 e. The molecule has 2 nitrogen and oxygen atoms in total. The molecule has 0 amide bonds. The monoisotopic (exact) mass is 208 g/mol. The van der Waals surface area contributed by atoms with E-state index in [0.29, 0.717) is 5.54 Å². The molecule has 86 valence electrons. The van der Waals surface area contributed by atoms with E-state index >= 15 is 0 Å². The first-order chi connectivity index (χ1) is 7.41. The molecule has 1 saturated heterocycles. The summed E-state index contributed by atoms with van der Waals surface area (Å²) in [5.41, 5.74) is 0.571. The van der Waals surface area contributed by atoms with Gasteiger partial charge in [-0.05, 0) is 25.7 Å². The topological polar surface area (TPSA) is 15.3 Å². The third-order valence-corrected chi connectivity index (χ3v) is 4.89. The van der Waals surface area contributed by atoms with Crippen LogP contribution in [0, 0.1) is 0 Å². The number of nitrogens with one attached hydrogen (secondary N) is 1. The average Bonchev–Trinajstić information content (AvgIpc) is 2.20. The Balaban J connectivity index is 1.75. The van der Waals surface area contributed by atoms with E-state index in [-0.39, 0.29) is 0 Å². The third-order valence-electron chi connectivity index (χ3n) is 4.89. The Morgan fingerprint density at radius 1 is 1.00 bits per heavy atom. The fourth-order valence-corrected chi connectivity index (χ4v) is 3.80. The molecule has 2 saturated carbocycles. The minimum atomic E-state index is 0.571. The molecule has 0 aromatic heterocycles. The lowest BCUT2D eigenvalue weighted by Gasteiger charge is -2.55. The lowest BCUT2D eigenvalue weighted by Crippen LogP contribution is -2.65. The molecular formula is C13H24N2. The molecule has 1 aliphatic heterocycles. The number of hydrogen-bond donors (Lipinski definition) is 1. The van der Waals surface area contributed by atoms with Crippen molar-refractivity contribution in [2.75, 3.05) is 19.6 Å². The molecule has 15 heavy (non-hydrogen) atoms. The SMILES string of the molecule is C1CCC2(CC1)CNCCN2C1CCC1. The van der Waals surface area contributed by atoms with Crippen molar-refractivity contribution in [2.45, 2.75) is 62.9 Å². The zero-order chi connectivity index (χ0) is 10.1. The summed E-state index contributed by atoms with van der Waals surface area (Å²) in [7, 11) is 0. The molecular weight excluding hydrogens is 184 g/mol. The fraction of sp³-hybridized carbons (Fsp3) is 1.00. The number of nitrogens with zero attached hydrogens (tertiary/aromatic N) is 1. The number of rotatable bonds is 1. The van der Waals surface area contributed by atoms with Crippen LogP contribution in [0.3, 0.4) is 0 Å². The molecule has 3 fully saturated rings. The van der Waals surface area contributed by atoms with Gasteiger partial charge in [0.25, 0.3) is 0 Å². The van der Waals surface area contributed by atoms with Gasteiger partial charge < -0.3 is 5.32 Å². The van der Waals surface area contributed by atoms with Crippen molar-refractivity contribution in [1.29, 1.82) is 0 Å². The van der Waals surface area contributed by atoms with Crippen LogP contribution in [0.2, 0.25) is 0 Å². The van der Waals surface area contributed by atoms with Crippen LogP contribution in [0.1, 0.15) is 51.4 Å². The maximum atomic E-state index is 3.64. The van der Waals surface area contributed by atoms with Crippen molar-refractivity contribution in [2.24, 2.45) is 0 Å². The van der Waals surface area contributed by atoms with Crippen LogP contribution < -0.4 is 5.32 Å². The number of piperazine rings is 1. The van der Waals surface area contributed by atoms with E-state index in [0.717, 1.165) is 6.04 Å². The molecule has 0 aromatic rings. The second-order valence-corrected chi connectivity index (χ2v) is 5.74. The predicted molar refractivity (Wildman–Crippen MR) is 63.0 cm³/mol. The van der Waals surface area contributed by atoms with E-state index in [1.807, 2.05) is 0 Å².